The largest absolute Gasteiger partial charge is 0.381 e. The predicted molar refractivity (Wildman–Crippen MR) is 72.7 cm³/mol. The fraction of sp³-hybridized carbons (Fsp3) is 0.667. The molecule has 1 aromatic rings. The first-order chi connectivity index (χ1) is 8.22. The Balaban J connectivity index is 2.06. The van der Waals surface area contributed by atoms with Crippen molar-refractivity contribution in [3.05, 3.63) is 21.3 Å². The second kappa shape index (κ2) is 6.16. The van der Waals surface area contributed by atoms with Gasteiger partial charge in [-0.1, -0.05) is 11.6 Å². The van der Waals surface area contributed by atoms with Crippen molar-refractivity contribution in [2.45, 2.75) is 24.9 Å². The lowest BCUT2D eigenvalue weighted by atomic mass is 10.0. The van der Waals surface area contributed by atoms with Crippen LogP contribution in [0.2, 0.25) is 5.02 Å². The SMILES string of the molecule is CN(C1CCOCC1)C(CN)c1cc(Cl)cs1. The third kappa shape index (κ3) is 3.20. The summed E-state index contributed by atoms with van der Waals surface area (Å²) in [6.07, 6.45) is 2.18. The third-order valence-electron chi connectivity index (χ3n) is 3.40. The number of hydrogen-bond acceptors (Lipinski definition) is 4. The van der Waals surface area contributed by atoms with E-state index in [-0.39, 0.29) is 6.04 Å². The molecule has 3 nitrogen and oxygen atoms in total. The van der Waals surface area contributed by atoms with Crippen LogP contribution in [0.15, 0.2) is 11.4 Å². The average molecular weight is 275 g/mol. The first kappa shape index (κ1) is 13.3. The first-order valence-corrected chi connectivity index (χ1v) is 7.22. The van der Waals surface area contributed by atoms with Crippen LogP contribution < -0.4 is 5.73 Å². The number of rotatable bonds is 4. The first-order valence-electron chi connectivity index (χ1n) is 5.96. The van der Waals surface area contributed by atoms with E-state index in [2.05, 4.69) is 11.9 Å². The van der Waals surface area contributed by atoms with Gasteiger partial charge in [0.2, 0.25) is 0 Å². The number of halogens is 1. The van der Waals surface area contributed by atoms with E-state index in [1.165, 1.54) is 4.88 Å². The van der Waals surface area contributed by atoms with E-state index in [9.17, 15) is 0 Å². The lowest BCUT2D eigenvalue weighted by molar-refractivity contribution is 0.0299. The van der Waals surface area contributed by atoms with Crippen LogP contribution in [0.25, 0.3) is 0 Å². The predicted octanol–water partition coefficient (Wildman–Crippen LogP) is 2.51. The van der Waals surface area contributed by atoms with Gasteiger partial charge in [0.05, 0.1) is 11.1 Å². The molecule has 0 spiro atoms. The van der Waals surface area contributed by atoms with Gasteiger partial charge in [0.15, 0.2) is 0 Å². The molecule has 0 radical (unpaired) electrons. The molecular weight excluding hydrogens is 256 g/mol. The summed E-state index contributed by atoms with van der Waals surface area (Å²) in [7, 11) is 2.15. The summed E-state index contributed by atoms with van der Waals surface area (Å²) < 4.78 is 5.40. The van der Waals surface area contributed by atoms with E-state index in [4.69, 9.17) is 22.1 Å². The van der Waals surface area contributed by atoms with Gasteiger partial charge in [0, 0.05) is 36.1 Å². The molecule has 96 valence electrons. The molecule has 1 aliphatic heterocycles. The lowest BCUT2D eigenvalue weighted by Crippen LogP contribution is -2.41. The maximum Gasteiger partial charge on any atom is 0.0564 e. The number of nitrogens with zero attached hydrogens (tertiary/aromatic N) is 1. The topological polar surface area (TPSA) is 38.5 Å². The second-order valence-corrected chi connectivity index (χ2v) is 5.81. The monoisotopic (exact) mass is 274 g/mol. The molecule has 1 fully saturated rings. The standard InChI is InChI=1S/C12H19ClN2OS/c1-15(10-2-4-16-5-3-10)11(7-14)12-6-9(13)8-17-12/h6,8,10-11H,2-5,7,14H2,1H3. The average Bonchev–Trinajstić information content (AvgIpc) is 2.78. The van der Waals surface area contributed by atoms with Crippen molar-refractivity contribution in [2.75, 3.05) is 26.8 Å². The minimum atomic E-state index is 0.274. The van der Waals surface area contributed by atoms with Crippen LogP contribution in [-0.4, -0.2) is 37.7 Å². The Hall–Kier alpha value is -0.130. The number of likely N-dealkylation sites (N-methyl/N-ethyl adjacent to an activating group) is 1. The Morgan fingerprint density at radius 2 is 2.29 bits per heavy atom. The zero-order valence-corrected chi connectivity index (χ0v) is 11.6. The van der Waals surface area contributed by atoms with Crippen LogP contribution in [0.1, 0.15) is 23.8 Å². The van der Waals surface area contributed by atoms with E-state index in [1.807, 2.05) is 11.4 Å². The Morgan fingerprint density at radius 3 is 2.82 bits per heavy atom. The Labute approximate surface area is 112 Å². The summed E-state index contributed by atoms with van der Waals surface area (Å²) in [5, 5.41) is 2.78. The van der Waals surface area contributed by atoms with E-state index >= 15 is 0 Å². The highest BCUT2D eigenvalue weighted by atomic mass is 35.5. The maximum atomic E-state index is 5.98. The zero-order chi connectivity index (χ0) is 12.3. The molecule has 0 saturated carbocycles. The Bertz CT molecular complexity index is 352. The summed E-state index contributed by atoms with van der Waals surface area (Å²) in [6.45, 7) is 2.35. The molecule has 17 heavy (non-hydrogen) atoms. The minimum absolute atomic E-state index is 0.274. The highest BCUT2D eigenvalue weighted by Gasteiger charge is 2.25. The van der Waals surface area contributed by atoms with Gasteiger partial charge in [-0.05, 0) is 26.0 Å². The molecule has 1 aromatic heterocycles. The third-order valence-corrected chi connectivity index (χ3v) is 4.78. The molecule has 1 saturated heterocycles. The van der Waals surface area contributed by atoms with E-state index in [1.54, 1.807) is 11.3 Å². The van der Waals surface area contributed by atoms with Crippen LogP contribution in [-0.2, 0) is 4.74 Å². The summed E-state index contributed by atoms with van der Waals surface area (Å²) in [5.74, 6) is 0. The molecule has 1 atom stereocenters. The van der Waals surface area contributed by atoms with Gasteiger partial charge in [0.1, 0.15) is 0 Å². The van der Waals surface area contributed by atoms with Gasteiger partial charge in [-0.2, -0.15) is 0 Å². The highest BCUT2D eigenvalue weighted by Crippen LogP contribution is 2.30. The van der Waals surface area contributed by atoms with Crippen LogP contribution >= 0.6 is 22.9 Å². The van der Waals surface area contributed by atoms with E-state index in [0.29, 0.717) is 12.6 Å². The molecule has 1 unspecified atom stereocenters. The summed E-state index contributed by atoms with van der Waals surface area (Å²) >= 11 is 7.67. The summed E-state index contributed by atoms with van der Waals surface area (Å²) in [6, 6.07) is 2.87. The number of nitrogens with two attached hydrogens (primary N) is 1. The number of hydrogen-bond donors (Lipinski definition) is 1. The molecule has 0 bridgehead atoms. The molecule has 2 rings (SSSR count). The fourth-order valence-electron chi connectivity index (χ4n) is 2.33. The summed E-state index contributed by atoms with van der Waals surface area (Å²) in [4.78, 5) is 3.64. The minimum Gasteiger partial charge on any atom is -0.381 e. The molecule has 0 aromatic carbocycles. The van der Waals surface area contributed by atoms with Gasteiger partial charge in [-0.25, -0.2) is 0 Å². The normalized spacial score (nSPS) is 19.8. The van der Waals surface area contributed by atoms with Gasteiger partial charge in [-0.15, -0.1) is 11.3 Å². The van der Waals surface area contributed by atoms with Crippen LogP contribution in [0, 0.1) is 0 Å². The number of ether oxygens (including phenoxy) is 1. The van der Waals surface area contributed by atoms with Crippen LogP contribution in [0.5, 0.6) is 0 Å². The van der Waals surface area contributed by atoms with Crippen LogP contribution in [0.4, 0.5) is 0 Å². The van der Waals surface area contributed by atoms with Crippen molar-refractivity contribution in [1.29, 1.82) is 0 Å². The van der Waals surface area contributed by atoms with Crippen molar-refractivity contribution >= 4 is 22.9 Å². The van der Waals surface area contributed by atoms with Crippen LogP contribution in [0.3, 0.4) is 0 Å². The van der Waals surface area contributed by atoms with Crippen molar-refractivity contribution in [2.24, 2.45) is 5.73 Å². The van der Waals surface area contributed by atoms with Crippen molar-refractivity contribution in [3.8, 4) is 0 Å². The van der Waals surface area contributed by atoms with Gasteiger partial charge in [0.25, 0.3) is 0 Å². The van der Waals surface area contributed by atoms with Gasteiger partial charge in [-0.3, -0.25) is 4.90 Å². The molecule has 0 aliphatic carbocycles. The molecule has 5 heteroatoms. The van der Waals surface area contributed by atoms with Crippen molar-refractivity contribution in [1.82, 2.24) is 4.90 Å². The molecule has 2 heterocycles. The number of thiophene rings is 1. The zero-order valence-electron chi connectivity index (χ0n) is 10.1. The second-order valence-electron chi connectivity index (χ2n) is 4.43. The lowest BCUT2D eigenvalue weighted by Gasteiger charge is -2.36. The fourth-order valence-corrected chi connectivity index (χ4v) is 3.58. The Morgan fingerprint density at radius 1 is 1.59 bits per heavy atom. The summed E-state index contributed by atoms with van der Waals surface area (Å²) in [5.41, 5.74) is 5.91. The van der Waals surface area contributed by atoms with Gasteiger partial charge < -0.3 is 10.5 Å². The Kier molecular flexibility index (Phi) is 4.82. The van der Waals surface area contributed by atoms with E-state index in [0.717, 1.165) is 31.1 Å². The van der Waals surface area contributed by atoms with Crippen molar-refractivity contribution in [3.63, 3.8) is 0 Å². The molecular formula is C12H19ClN2OS. The van der Waals surface area contributed by atoms with Crippen molar-refractivity contribution < 1.29 is 4.74 Å². The van der Waals surface area contributed by atoms with E-state index < -0.39 is 0 Å². The highest BCUT2D eigenvalue weighted by molar-refractivity contribution is 7.10. The molecule has 2 N–H and O–H groups in total. The van der Waals surface area contributed by atoms with Gasteiger partial charge >= 0.3 is 0 Å². The quantitative estimate of drug-likeness (QED) is 0.917. The maximum absolute atomic E-state index is 5.98. The molecule has 0 amide bonds. The smallest absolute Gasteiger partial charge is 0.0564 e. The molecule has 1 aliphatic rings.